The second-order valence-corrected chi connectivity index (χ2v) is 5.65. The molecule has 1 spiro atoms. The molecule has 4 nitrogen and oxygen atoms in total. The molecule has 1 aromatic rings. The number of piperazine rings is 1. The Hall–Kier alpha value is -1.16. The molecule has 0 bridgehead atoms. The Bertz CT molecular complexity index is 386. The van der Waals surface area contributed by atoms with Crippen molar-refractivity contribution in [3.05, 3.63) is 17.8 Å². The highest BCUT2D eigenvalue weighted by Crippen LogP contribution is 2.36. The average molecular weight is 246 g/mol. The van der Waals surface area contributed by atoms with Gasteiger partial charge in [-0.3, -0.25) is 0 Å². The standard InChI is InChI=1S/C14H22N4/c1-12-5-6-13(17-16-12)18-10-9-15-11-14(18)7-3-2-4-8-14/h5-6,15H,2-4,7-11H2,1H3. The summed E-state index contributed by atoms with van der Waals surface area (Å²) >= 11 is 0. The number of rotatable bonds is 1. The molecule has 1 N–H and O–H groups in total. The van der Waals surface area contributed by atoms with Crippen molar-refractivity contribution >= 4 is 5.82 Å². The van der Waals surface area contributed by atoms with Gasteiger partial charge < -0.3 is 10.2 Å². The monoisotopic (exact) mass is 246 g/mol. The van der Waals surface area contributed by atoms with Gasteiger partial charge in [0.1, 0.15) is 0 Å². The molecule has 0 aromatic carbocycles. The van der Waals surface area contributed by atoms with Crippen molar-refractivity contribution in [3.8, 4) is 0 Å². The molecule has 3 rings (SSSR count). The fourth-order valence-corrected chi connectivity index (χ4v) is 3.39. The zero-order valence-corrected chi connectivity index (χ0v) is 11.2. The van der Waals surface area contributed by atoms with Crippen LogP contribution in [0, 0.1) is 6.92 Å². The molecule has 1 aliphatic heterocycles. The van der Waals surface area contributed by atoms with Crippen molar-refractivity contribution in [2.24, 2.45) is 0 Å². The van der Waals surface area contributed by atoms with E-state index in [9.17, 15) is 0 Å². The summed E-state index contributed by atoms with van der Waals surface area (Å²) in [6, 6.07) is 4.20. The van der Waals surface area contributed by atoms with Crippen LogP contribution in [-0.2, 0) is 0 Å². The quantitative estimate of drug-likeness (QED) is 0.821. The van der Waals surface area contributed by atoms with Crippen LogP contribution in [0.1, 0.15) is 37.8 Å². The fourth-order valence-electron chi connectivity index (χ4n) is 3.39. The highest BCUT2D eigenvalue weighted by molar-refractivity contribution is 5.43. The van der Waals surface area contributed by atoms with Crippen LogP contribution in [0.2, 0.25) is 0 Å². The molecule has 0 amide bonds. The molecule has 1 saturated carbocycles. The van der Waals surface area contributed by atoms with Gasteiger partial charge >= 0.3 is 0 Å². The van der Waals surface area contributed by atoms with Crippen molar-refractivity contribution in [1.82, 2.24) is 15.5 Å². The summed E-state index contributed by atoms with van der Waals surface area (Å²) < 4.78 is 0. The number of anilines is 1. The van der Waals surface area contributed by atoms with Crippen molar-refractivity contribution in [1.29, 1.82) is 0 Å². The molecule has 2 heterocycles. The number of aromatic nitrogens is 2. The van der Waals surface area contributed by atoms with Crippen LogP contribution >= 0.6 is 0 Å². The number of nitrogens with one attached hydrogen (secondary N) is 1. The van der Waals surface area contributed by atoms with E-state index >= 15 is 0 Å². The maximum Gasteiger partial charge on any atom is 0.151 e. The van der Waals surface area contributed by atoms with Crippen molar-refractivity contribution in [2.45, 2.75) is 44.6 Å². The zero-order chi connectivity index (χ0) is 12.4. The summed E-state index contributed by atoms with van der Waals surface area (Å²) in [4.78, 5) is 2.51. The first-order chi connectivity index (χ1) is 8.80. The summed E-state index contributed by atoms with van der Waals surface area (Å²) in [5, 5.41) is 12.2. The van der Waals surface area contributed by atoms with Crippen LogP contribution in [0.4, 0.5) is 5.82 Å². The lowest BCUT2D eigenvalue weighted by Crippen LogP contribution is -2.62. The molecule has 98 valence electrons. The molecule has 0 radical (unpaired) electrons. The summed E-state index contributed by atoms with van der Waals surface area (Å²) in [7, 11) is 0. The maximum atomic E-state index is 4.40. The van der Waals surface area contributed by atoms with Gasteiger partial charge in [-0.15, -0.1) is 5.10 Å². The van der Waals surface area contributed by atoms with E-state index in [2.05, 4.69) is 32.5 Å². The van der Waals surface area contributed by atoms with E-state index in [1.54, 1.807) is 0 Å². The first kappa shape index (κ1) is 11.9. The average Bonchev–Trinajstić information content (AvgIpc) is 2.42. The Balaban J connectivity index is 1.89. The molecule has 1 saturated heterocycles. The van der Waals surface area contributed by atoms with Gasteiger partial charge in [-0.05, 0) is 31.9 Å². The molecule has 0 unspecified atom stereocenters. The fraction of sp³-hybridized carbons (Fsp3) is 0.714. The second kappa shape index (κ2) is 4.84. The van der Waals surface area contributed by atoms with Gasteiger partial charge in [0.05, 0.1) is 11.2 Å². The molecule has 2 fully saturated rings. The normalized spacial score (nSPS) is 23.3. The number of hydrogen-bond donors (Lipinski definition) is 1. The minimum atomic E-state index is 0.292. The summed E-state index contributed by atoms with van der Waals surface area (Å²) in [5.41, 5.74) is 1.28. The highest BCUT2D eigenvalue weighted by atomic mass is 15.3. The van der Waals surface area contributed by atoms with Gasteiger partial charge in [0.2, 0.25) is 0 Å². The van der Waals surface area contributed by atoms with Gasteiger partial charge in [0, 0.05) is 19.6 Å². The summed E-state index contributed by atoms with van der Waals surface area (Å²) in [5.74, 6) is 1.06. The van der Waals surface area contributed by atoms with E-state index < -0.39 is 0 Å². The molecular weight excluding hydrogens is 224 g/mol. The van der Waals surface area contributed by atoms with Crippen LogP contribution in [0.15, 0.2) is 12.1 Å². The number of nitrogens with zero attached hydrogens (tertiary/aromatic N) is 3. The molecule has 2 aliphatic rings. The van der Waals surface area contributed by atoms with Crippen LogP contribution < -0.4 is 10.2 Å². The summed E-state index contributed by atoms with van der Waals surface area (Å²) in [6.07, 6.45) is 6.65. The van der Waals surface area contributed by atoms with Crippen molar-refractivity contribution < 1.29 is 0 Å². The largest absolute Gasteiger partial charge is 0.347 e. The summed E-state index contributed by atoms with van der Waals surface area (Å²) in [6.45, 7) is 5.20. The van der Waals surface area contributed by atoms with Gasteiger partial charge in [-0.2, -0.15) is 5.10 Å². The van der Waals surface area contributed by atoms with E-state index in [4.69, 9.17) is 0 Å². The van der Waals surface area contributed by atoms with E-state index in [1.807, 2.05) is 6.92 Å². The SMILES string of the molecule is Cc1ccc(N2CCNCC23CCCCC3)nn1. The first-order valence-electron chi connectivity index (χ1n) is 7.09. The third kappa shape index (κ3) is 2.09. The lowest BCUT2D eigenvalue weighted by atomic mass is 9.79. The van der Waals surface area contributed by atoms with Crippen LogP contribution in [0.25, 0.3) is 0 Å². The minimum Gasteiger partial charge on any atom is -0.347 e. The number of aryl methyl sites for hydroxylation is 1. The van der Waals surface area contributed by atoms with Gasteiger partial charge in [-0.25, -0.2) is 0 Å². The van der Waals surface area contributed by atoms with Gasteiger partial charge in [0.15, 0.2) is 5.82 Å². The molecular formula is C14H22N4. The van der Waals surface area contributed by atoms with Crippen molar-refractivity contribution in [3.63, 3.8) is 0 Å². The predicted molar refractivity (Wildman–Crippen MR) is 72.8 cm³/mol. The molecule has 1 aliphatic carbocycles. The van der Waals surface area contributed by atoms with Crippen molar-refractivity contribution in [2.75, 3.05) is 24.5 Å². The van der Waals surface area contributed by atoms with E-state index in [0.29, 0.717) is 5.54 Å². The molecule has 18 heavy (non-hydrogen) atoms. The highest BCUT2D eigenvalue weighted by Gasteiger charge is 2.40. The Kier molecular flexibility index (Phi) is 3.20. The third-order valence-electron chi connectivity index (χ3n) is 4.38. The van der Waals surface area contributed by atoms with Gasteiger partial charge in [0.25, 0.3) is 0 Å². The predicted octanol–water partition coefficient (Wildman–Crippen LogP) is 1.90. The Morgan fingerprint density at radius 1 is 1.17 bits per heavy atom. The second-order valence-electron chi connectivity index (χ2n) is 5.65. The van der Waals surface area contributed by atoms with E-state index in [0.717, 1.165) is 31.1 Å². The lowest BCUT2D eigenvalue weighted by Gasteiger charge is -2.50. The Morgan fingerprint density at radius 3 is 2.72 bits per heavy atom. The molecule has 0 atom stereocenters. The maximum absolute atomic E-state index is 4.40. The first-order valence-corrected chi connectivity index (χ1v) is 7.09. The minimum absolute atomic E-state index is 0.292. The lowest BCUT2D eigenvalue weighted by molar-refractivity contribution is 0.239. The van der Waals surface area contributed by atoms with Gasteiger partial charge in [-0.1, -0.05) is 19.3 Å². The molecule has 4 heteroatoms. The topological polar surface area (TPSA) is 41.0 Å². The van der Waals surface area contributed by atoms with Crippen LogP contribution in [0.5, 0.6) is 0 Å². The zero-order valence-electron chi connectivity index (χ0n) is 11.2. The number of hydrogen-bond acceptors (Lipinski definition) is 4. The Labute approximate surface area is 109 Å². The van der Waals surface area contributed by atoms with Crippen LogP contribution in [0.3, 0.4) is 0 Å². The van der Waals surface area contributed by atoms with E-state index in [1.165, 1.54) is 32.1 Å². The van der Waals surface area contributed by atoms with E-state index in [-0.39, 0.29) is 0 Å². The molecule has 1 aromatic heterocycles. The Morgan fingerprint density at radius 2 is 2.00 bits per heavy atom. The van der Waals surface area contributed by atoms with Crippen LogP contribution in [-0.4, -0.2) is 35.4 Å². The smallest absolute Gasteiger partial charge is 0.151 e. The third-order valence-corrected chi connectivity index (χ3v) is 4.38.